The highest BCUT2D eigenvalue weighted by Crippen LogP contribution is 2.21. The van der Waals surface area contributed by atoms with Crippen molar-refractivity contribution in [2.75, 3.05) is 6.54 Å². The number of alkyl halides is 3. The van der Waals surface area contributed by atoms with E-state index in [0.29, 0.717) is 13.0 Å². The van der Waals surface area contributed by atoms with Crippen LogP contribution in [0.3, 0.4) is 0 Å². The van der Waals surface area contributed by atoms with Gasteiger partial charge in [0.1, 0.15) is 0 Å². The molecule has 0 heterocycles. The largest absolute Gasteiger partial charge is 0.409 e. The zero-order valence-electron chi connectivity index (χ0n) is 8.51. The maximum Gasteiger partial charge on any atom is 0.389 e. The molecule has 4 N–H and O–H groups in total. The Morgan fingerprint density at radius 3 is 2.53 bits per heavy atom. The number of rotatable bonds is 6. The number of nitrogens with one attached hydrogen (secondary N) is 1. The highest BCUT2D eigenvalue weighted by atomic mass is 19.4. The third-order valence-corrected chi connectivity index (χ3v) is 1.90. The number of hydrogen-bond acceptors (Lipinski definition) is 3. The van der Waals surface area contributed by atoms with E-state index in [0.717, 1.165) is 0 Å². The van der Waals surface area contributed by atoms with Crippen molar-refractivity contribution in [3.05, 3.63) is 0 Å². The zero-order valence-corrected chi connectivity index (χ0v) is 8.51. The number of oxime groups is 1. The van der Waals surface area contributed by atoms with Gasteiger partial charge in [-0.15, -0.1) is 0 Å². The van der Waals surface area contributed by atoms with Crippen LogP contribution < -0.4 is 11.1 Å². The molecule has 0 radical (unpaired) electrons. The number of nitrogens with two attached hydrogens (primary N) is 1. The molecule has 90 valence electrons. The Morgan fingerprint density at radius 2 is 2.07 bits per heavy atom. The van der Waals surface area contributed by atoms with Crippen molar-refractivity contribution in [1.82, 2.24) is 5.32 Å². The first-order chi connectivity index (χ1) is 6.87. The maximum atomic E-state index is 11.7. The Hall–Kier alpha value is -0.980. The van der Waals surface area contributed by atoms with E-state index in [-0.39, 0.29) is 18.3 Å². The van der Waals surface area contributed by atoms with E-state index in [1.807, 2.05) is 0 Å². The van der Waals surface area contributed by atoms with E-state index in [1.165, 1.54) is 0 Å². The smallest absolute Gasteiger partial charge is 0.389 e. The van der Waals surface area contributed by atoms with Gasteiger partial charge in [-0.2, -0.15) is 13.2 Å². The molecule has 0 bridgehead atoms. The summed E-state index contributed by atoms with van der Waals surface area (Å²) in [5, 5.41) is 13.9. The van der Waals surface area contributed by atoms with Crippen LogP contribution in [0.1, 0.15) is 26.2 Å². The van der Waals surface area contributed by atoms with Crippen LogP contribution in [0, 0.1) is 0 Å². The van der Waals surface area contributed by atoms with Crippen molar-refractivity contribution in [1.29, 1.82) is 0 Å². The number of unbranched alkanes of at least 4 members (excludes halogenated alkanes) is 1. The Morgan fingerprint density at radius 1 is 1.47 bits per heavy atom. The SMILES string of the molecule is CC(NCCCCC(F)(F)F)C(N)=NO. The van der Waals surface area contributed by atoms with Crippen LogP contribution in [0.5, 0.6) is 0 Å². The second kappa shape index (κ2) is 6.49. The molecule has 0 aliphatic rings. The molecule has 1 unspecified atom stereocenters. The molecule has 0 aromatic rings. The lowest BCUT2D eigenvalue weighted by atomic mass is 10.2. The van der Waals surface area contributed by atoms with Gasteiger partial charge in [0.2, 0.25) is 0 Å². The van der Waals surface area contributed by atoms with Gasteiger partial charge in [-0.05, 0) is 26.3 Å². The van der Waals surface area contributed by atoms with Gasteiger partial charge >= 0.3 is 6.18 Å². The van der Waals surface area contributed by atoms with E-state index in [1.54, 1.807) is 6.92 Å². The van der Waals surface area contributed by atoms with Crippen LogP contribution in [-0.2, 0) is 0 Å². The number of halogens is 3. The summed E-state index contributed by atoms with van der Waals surface area (Å²) in [5.41, 5.74) is 5.26. The molecule has 7 heteroatoms. The van der Waals surface area contributed by atoms with E-state index >= 15 is 0 Å². The first-order valence-electron chi connectivity index (χ1n) is 4.64. The van der Waals surface area contributed by atoms with Gasteiger partial charge in [0, 0.05) is 6.42 Å². The third-order valence-electron chi connectivity index (χ3n) is 1.90. The monoisotopic (exact) mass is 227 g/mol. The van der Waals surface area contributed by atoms with Crippen LogP contribution in [-0.4, -0.2) is 29.8 Å². The summed E-state index contributed by atoms with van der Waals surface area (Å²) in [7, 11) is 0. The molecule has 0 amide bonds. The Bertz CT molecular complexity index is 206. The number of nitrogens with zero attached hydrogens (tertiary/aromatic N) is 1. The maximum absolute atomic E-state index is 11.7. The summed E-state index contributed by atoms with van der Waals surface area (Å²) in [6.07, 6.45) is -4.37. The van der Waals surface area contributed by atoms with Crippen LogP contribution in [0.15, 0.2) is 5.16 Å². The number of amidine groups is 1. The molecule has 0 aromatic heterocycles. The first-order valence-corrected chi connectivity index (χ1v) is 4.64. The van der Waals surface area contributed by atoms with E-state index in [2.05, 4.69) is 10.5 Å². The molecule has 0 saturated heterocycles. The molecular weight excluding hydrogens is 211 g/mol. The Balaban J connectivity index is 3.47. The standard InChI is InChI=1S/C8H16F3N3O/c1-6(7(12)14-15)13-5-3-2-4-8(9,10)11/h6,13,15H,2-5H2,1H3,(H2,12,14). The Kier molecular flexibility index (Phi) is 6.07. The molecule has 0 aliphatic carbocycles. The summed E-state index contributed by atoms with van der Waals surface area (Å²) in [6.45, 7) is 2.08. The molecule has 0 fully saturated rings. The van der Waals surface area contributed by atoms with Gasteiger partial charge in [-0.25, -0.2) is 0 Å². The van der Waals surface area contributed by atoms with Gasteiger partial charge in [0.15, 0.2) is 5.84 Å². The molecular formula is C8H16F3N3O. The molecule has 0 saturated carbocycles. The summed E-state index contributed by atoms with van der Waals surface area (Å²) in [4.78, 5) is 0. The molecule has 0 spiro atoms. The van der Waals surface area contributed by atoms with E-state index in [4.69, 9.17) is 10.9 Å². The first kappa shape index (κ1) is 14.0. The van der Waals surface area contributed by atoms with Crippen LogP contribution in [0.25, 0.3) is 0 Å². The Labute approximate surface area is 86.3 Å². The van der Waals surface area contributed by atoms with Crippen molar-refractivity contribution >= 4 is 5.84 Å². The minimum Gasteiger partial charge on any atom is -0.409 e. The van der Waals surface area contributed by atoms with Gasteiger partial charge < -0.3 is 16.3 Å². The summed E-state index contributed by atoms with van der Waals surface area (Å²) in [6, 6.07) is -0.333. The van der Waals surface area contributed by atoms with Crippen LogP contribution >= 0.6 is 0 Å². The molecule has 0 rings (SSSR count). The normalized spacial score (nSPS) is 15.3. The molecule has 0 aliphatic heterocycles. The predicted octanol–water partition coefficient (Wildman–Crippen LogP) is 1.44. The van der Waals surface area contributed by atoms with Gasteiger partial charge in [0.05, 0.1) is 6.04 Å². The van der Waals surface area contributed by atoms with Gasteiger partial charge in [0.25, 0.3) is 0 Å². The lowest BCUT2D eigenvalue weighted by Gasteiger charge is -2.12. The van der Waals surface area contributed by atoms with Gasteiger partial charge in [-0.3, -0.25) is 0 Å². The molecule has 1 atom stereocenters. The van der Waals surface area contributed by atoms with Crippen LogP contribution in [0.4, 0.5) is 13.2 Å². The minimum atomic E-state index is -4.09. The summed E-state index contributed by atoms with van der Waals surface area (Å²) < 4.78 is 35.2. The highest BCUT2D eigenvalue weighted by molar-refractivity contribution is 5.84. The molecule has 0 aromatic carbocycles. The topological polar surface area (TPSA) is 70.6 Å². The lowest BCUT2D eigenvalue weighted by molar-refractivity contribution is -0.135. The van der Waals surface area contributed by atoms with Crippen molar-refractivity contribution in [3.63, 3.8) is 0 Å². The van der Waals surface area contributed by atoms with Crippen molar-refractivity contribution in [2.24, 2.45) is 10.9 Å². The quantitative estimate of drug-likeness (QED) is 0.211. The summed E-state index contributed by atoms with van der Waals surface area (Å²) in [5.74, 6) is 0.0193. The van der Waals surface area contributed by atoms with Gasteiger partial charge in [-0.1, -0.05) is 5.16 Å². The van der Waals surface area contributed by atoms with Crippen molar-refractivity contribution in [3.8, 4) is 0 Å². The van der Waals surface area contributed by atoms with E-state index in [9.17, 15) is 13.2 Å². The second-order valence-electron chi connectivity index (χ2n) is 3.27. The van der Waals surface area contributed by atoms with E-state index < -0.39 is 12.6 Å². The van der Waals surface area contributed by atoms with Crippen LogP contribution in [0.2, 0.25) is 0 Å². The lowest BCUT2D eigenvalue weighted by Crippen LogP contribution is -2.39. The average Bonchev–Trinajstić information content (AvgIpc) is 2.14. The summed E-state index contributed by atoms with van der Waals surface area (Å²) >= 11 is 0. The zero-order chi connectivity index (χ0) is 11.9. The molecule has 4 nitrogen and oxygen atoms in total. The highest BCUT2D eigenvalue weighted by Gasteiger charge is 2.25. The number of hydrogen-bond donors (Lipinski definition) is 3. The fraction of sp³-hybridized carbons (Fsp3) is 0.875. The fourth-order valence-corrected chi connectivity index (χ4v) is 0.960. The average molecular weight is 227 g/mol. The fourth-order valence-electron chi connectivity index (χ4n) is 0.960. The predicted molar refractivity (Wildman–Crippen MR) is 50.8 cm³/mol. The molecule has 15 heavy (non-hydrogen) atoms. The van der Waals surface area contributed by atoms with Crippen molar-refractivity contribution < 1.29 is 18.4 Å². The third kappa shape index (κ3) is 8.04. The minimum absolute atomic E-state index is 0.0193. The van der Waals surface area contributed by atoms with Crippen molar-refractivity contribution in [2.45, 2.75) is 38.4 Å². The second-order valence-corrected chi connectivity index (χ2v) is 3.27.